The number of likely N-dealkylation sites (N-methyl/N-ethyl adjacent to an activating group) is 1. The molecule has 1 aromatic rings. The Kier molecular flexibility index (Phi) is 6.30. The second-order valence-electron chi connectivity index (χ2n) is 7.09. The Hall–Kier alpha value is -1.66. The van der Waals surface area contributed by atoms with Crippen LogP contribution in [-0.4, -0.2) is 98.9 Å². The van der Waals surface area contributed by atoms with Crippen molar-refractivity contribution >= 4 is 21.7 Å². The van der Waals surface area contributed by atoms with E-state index in [1.54, 1.807) is 0 Å². The summed E-state index contributed by atoms with van der Waals surface area (Å²) >= 11 is 0. The van der Waals surface area contributed by atoms with Crippen molar-refractivity contribution in [3.8, 4) is 0 Å². The maximum atomic E-state index is 12.3. The van der Waals surface area contributed by atoms with Crippen LogP contribution in [0.15, 0.2) is 12.4 Å². The predicted octanol–water partition coefficient (Wildman–Crippen LogP) is 0.633. The summed E-state index contributed by atoms with van der Waals surface area (Å²) in [6.07, 6.45) is -4.30. The van der Waals surface area contributed by atoms with E-state index in [4.69, 9.17) is 0 Å². The Balaban J connectivity index is 1.58. The fourth-order valence-corrected chi connectivity index (χ4v) is 4.76. The zero-order chi connectivity index (χ0) is 20.4. The van der Waals surface area contributed by atoms with Crippen molar-refractivity contribution in [2.75, 3.05) is 75.0 Å². The van der Waals surface area contributed by atoms with Crippen LogP contribution >= 0.6 is 0 Å². The molecule has 3 heterocycles. The van der Waals surface area contributed by atoms with Gasteiger partial charge < -0.3 is 14.7 Å². The van der Waals surface area contributed by atoms with Gasteiger partial charge in [0.25, 0.3) is 0 Å². The predicted molar refractivity (Wildman–Crippen MR) is 100.0 cm³/mol. The van der Waals surface area contributed by atoms with Crippen LogP contribution < -0.4 is 9.80 Å². The zero-order valence-corrected chi connectivity index (χ0v) is 16.6. The average Bonchev–Trinajstić information content (AvgIpc) is 2.67. The number of hydrogen-bond donors (Lipinski definition) is 0. The summed E-state index contributed by atoms with van der Waals surface area (Å²) in [6, 6.07) is 1.89. The van der Waals surface area contributed by atoms with E-state index in [9.17, 15) is 21.6 Å². The normalized spacial score (nSPS) is 20.6. The van der Waals surface area contributed by atoms with Crippen LogP contribution in [0, 0.1) is 0 Å². The van der Waals surface area contributed by atoms with Crippen molar-refractivity contribution in [1.82, 2.24) is 19.2 Å². The van der Waals surface area contributed by atoms with Gasteiger partial charge in [0.05, 0.1) is 12.2 Å². The fourth-order valence-electron chi connectivity index (χ4n) is 3.29. The Morgan fingerprint density at radius 1 is 0.929 bits per heavy atom. The molecule has 2 saturated heterocycles. The van der Waals surface area contributed by atoms with Crippen molar-refractivity contribution in [3.05, 3.63) is 12.4 Å². The molecule has 1 aromatic heterocycles. The van der Waals surface area contributed by atoms with Crippen molar-refractivity contribution in [2.45, 2.75) is 12.6 Å². The molecule has 0 N–H and O–H groups in total. The van der Waals surface area contributed by atoms with E-state index in [0.29, 0.717) is 18.9 Å². The van der Waals surface area contributed by atoms with Crippen LogP contribution in [-0.2, 0) is 10.0 Å². The van der Waals surface area contributed by atoms with Gasteiger partial charge in [-0.05, 0) is 7.05 Å². The molecule has 0 aromatic carbocycles. The highest BCUT2D eigenvalue weighted by molar-refractivity contribution is 7.89. The quantitative estimate of drug-likeness (QED) is 0.689. The number of aromatic nitrogens is 2. The minimum Gasteiger partial charge on any atom is -0.354 e. The minimum atomic E-state index is -4.48. The molecule has 0 radical (unpaired) electrons. The molecular weight excluding hydrogens is 397 g/mol. The maximum Gasteiger partial charge on any atom is 0.390 e. The zero-order valence-electron chi connectivity index (χ0n) is 15.8. The summed E-state index contributed by atoms with van der Waals surface area (Å²) in [4.78, 5) is 15.0. The van der Waals surface area contributed by atoms with E-state index in [2.05, 4.69) is 26.8 Å². The first-order chi connectivity index (χ1) is 13.1. The van der Waals surface area contributed by atoms with Crippen molar-refractivity contribution in [1.29, 1.82) is 0 Å². The number of nitrogens with zero attached hydrogens (tertiary/aromatic N) is 6. The highest BCUT2D eigenvalue weighted by atomic mass is 32.2. The van der Waals surface area contributed by atoms with Crippen LogP contribution in [0.3, 0.4) is 0 Å². The molecule has 0 saturated carbocycles. The molecule has 8 nitrogen and oxygen atoms in total. The van der Waals surface area contributed by atoms with Gasteiger partial charge in [0.2, 0.25) is 10.0 Å². The molecule has 3 rings (SSSR count). The topological polar surface area (TPSA) is 72.9 Å². The molecule has 0 aliphatic carbocycles. The van der Waals surface area contributed by atoms with Gasteiger partial charge in [0.15, 0.2) is 0 Å². The Morgan fingerprint density at radius 2 is 1.43 bits per heavy atom. The van der Waals surface area contributed by atoms with Crippen LogP contribution in [0.2, 0.25) is 0 Å². The van der Waals surface area contributed by atoms with Crippen molar-refractivity contribution in [3.63, 3.8) is 0 Å². The lowest BCUT2D eigenvalue weighted by Crippen LogP contribution is -2.50. The smallest absolute Gasteiger partial charge is 0.354 e. The van der Waals surface area contributed by atoms with Gasteiger partial charge in [-0.3, -0.25) is 0 Å². The molecule has 0 bridgehead atoms. The van der Waals surface area contributed by atoms with Gasteiger partial charge in [0.1, 0.15) is 18.0 Å². The monoisotopic (exact) mass is 422 g/mol. The van der Waals surface area contributed by atoms with E-state index in [0.717, 1.165) is 36.3 Å². The second-order valence-corrected chi connectivity index (χ2v) is 9.18. The van der Waals surface area contributed by atoms with Gasteiger partial charge in [-0.25, -0.2) is 18.4 Å². The van der Waals surface area contributed by atoms with E-state index < -0.39 is 28.4 Å². The van der Waals surface area contributed by atoms with Gasteiger partial charge in [-0.15, -0.1) is 0 Å². The fraction of sp³-hybridized carbons (Fsp3) is 0.750. The van der Waals surface area contributed by atoms with Crippen molar-refractivity contribution < 1.29 is 21.6 Å². The number of sulfonamides is 1. The lowest BCUT2D eigenvalue weighted by atomic mass is 10.3. The average molecular weight is 422 g/mol. The van der Waals surface area contributed by atoms with Gasteiger partial charge in [0, 0.05) is 58.4 Å². The second kappa shape index (κ2) is 8.37. The third kappa shape index (κ3) is 5.45. The third-order valence-corrected chi connectivity index (χ3v) is 6.94. The molecule has 2 aliphatic rings. The first kappa shape index (κ1) is 21.1. The van der Waals surface area contributed by atoms with E-state index in [-0.39, 0.29) is 13.1 Å². The number of rotatable bonds is 5. The summed E-state index contributed by atoms with van der Waals surface area (Å²) in [6.45, 7) is 4.70. The van der Waals surface area contributed by atoms with E-state index in [1.807, 2.05) is 11.0 Å². The summed E-state index contributed by atoms with van der Waals surface area (Å²) in [5.74, 6) is 0.631. The van der Waals surface area contributed by atoms with Crippen LogP contribution in [0.4, 0.5) is 24.8 Å². The molecule has 2 fully saturated rings. The Morgan fingerprint density at radius 3 is 1.93 bits per heavy atom. The highest BCUT2D eigenvalue weighted by Crippen LogP contribution is 2.23. The number of halogens is 3. The molecule has 0 unspecified atom stereocenters. The molecule has 0 amide bonds. The summed E-state index contributed by atoms with van der Waals surface area (Å²) in [7, 11) is -1.84. The first-order valence-electron chi connectivity index (χ1n) is 9.19. The van der Waals surface area contributed by atoms with Gasteiger partial charge >= 0.3 is 6.18 Å². The minimum absolute atomic E-state index is 0.147. The molecule has 0 spiro atoms. The van der Waals surface area contributed by atoms with Crippen molar-refractivity contribution in [2.24, 2.45) is 0 Å². The number of hydrogen-bond acceptors (Lipinski definition) is 7. The molecule has 0 atom stereocenters. The third-order valence-electron chi connectivity index (χ3n) is 5.06. The summed E-state index contributed by atoms with van der Waals surface area (Å²) in [5, 5.41) is 0. The summed E-state index contributed by atoms with van der Waals surface area (Å²) < 4.78 is 62.4. The van der Waals surface area contributed by atoms with Crippen LogP contribution in [0.5, 0.6) is 0 Å². The highest BCUT2D eigenvalue weighted by Gasteiger charge is 2.34. The number of piperazine rings is 2. The first-order valence-corrected chi connectivity index (χ1v) is 10.8. The molecule has 12 heteroatoms. The molecule has 158 valence electrons. The molecular formula is C16H25F3N6O2S. The standard InChI is InChI=1S/C16H25F3N6O2S/c1-22-3-5-23(6-4-22)14-12-15(21-13-20-14)24-7-9-25(10-8-24)28(26,27)11-2-16(17,18)19/h12-13H,2-11H2,1H3. The van der Waals surface area contributed by atoms with Gasteiger partial charge in [-0.2, -0.15) is 17.5 Å². The molecule has 28 heavy (non-hydrogen) atoms. The number of anilines is 2. The number of alkyl halides is 3. The summed E-state index contributed by atoms with van der Waals surface area (Å²) in [5.41, 5.74) is 0. The van der Waals surface area contributed by atoms with Crippen LogP contribution in [0.1, 0.15) is 6.42 Å². The van der Waals surface area contributed by atoms with E-state index >= 15 is 0 Å². The lowest BCUT2D eigenvalue weighted by molar-refractivity contribution is -0.130. The van der Waals surface area contributed by atoms with Crippen LogP contribution in [0.25, 0.3) is 0 Å². The lowest BCUT2D eigenvalue weighted by Gasteiger charge is -2.36. The SMILES string of the molecule is CN1CCN(c2cc(N3CCN(S(=O)(=O)CCC(F)(F)F)CC3)ncn2)CC1. The maximum absolute atomic E-state index is 12.3. The van der Waals surface area contributed by atoms with Gasteiger partial charge in [-0.1, -0.05) is 0 Å². The molecule has 2 aliphatic heterocycles. The Labute approximate surface area is 163 Å². The van der Waals surface area contributed by atoms with E-state index in [1.165, 1.54) is 6.33 Å². The largest absolute Gasteiger partial charge is 0.390 e. The Bertz CT molecular complexity index is 760.